The summed E-state index contributed by atoms with van der Waals surface area (Å²) < 4.78 is 14.4. The topological polar surface area (TPSA) is 55.8 Å². The molecule has 1 saturated heterocycles. The summed E-state index contributed by atoms with van der Waals surface area (Å²) in [6.07, 6.45) is 1.24. The molecular weight excluding hydrogens is 735 g/mol. The molecule has 166 valence electrons. The molecule has 2 aromatic rings. The van der Waals surface area contributed by atoms with Crippen LogP contribution in [-0.4, -0.2) is 35.7 Å². The molecule has 0 bridgehead atoms. The number of carbonyl (C=O) groups is 2. The van der Waals surface area contributed by atoms with Crippen LogP contribution in [0.15, 0.2) is 42.5 Å². The van der Waals surface area contributed by atoms with E-state index in [1.54, 1.807) is 4.90 Å². The molecule has 1 heterocycles. The Labute approximate surface area is 224 Å². The lowest BCUT2D eigenvalue weighted by atomic mass is 9.83. The van der Waals surface area contributed by atoms with Crippen molar-refractivity contribution < 1.29 is 19.1 Å². The first-order chi connectivity index (χ1) is 14.7. The molecule has 0 aliphatic carbocycles. The summed E-state index contributed by atoms with van der Waals surface area (Å²) in [4.78, 5) is 27.0. The van der Waals surface area contributed by atoms with Gasteiger partial charge in [0.25, 0.3) is 0 Å². The molecule has 0 radical (unpaired) electrons. The summed E-state index contributed by atoms with van der Waals surface area (Å²) in [5.74, 6) is -0.121. The lowest BCUT2D eigenvalue weighted by molar-refractivity contribution is -0.0449. The SMILES string of the molecule is CC(C)(OC(=O)c1cc(I)cc(I)c1I)C1CCN(C(=O)OCc2ccccc2)CC1. The molecule has 3 rings (SSSR count). The second kappa shape index (κ2) is 11.0. The van der Waals surface area contributed by atoms with Gasteiger partial charge >= 0.3 is 12.1 Å². The maximum atomic E-state index is 12.9. The van der Waals surface area contributed by atoms with Crippen LogP contribution in [0.5, 0.6) is 0 Å². The summed E-state index contributed by atoms with van der Waals surface area (Å²) in [6.45, 7) is 5.39. The van der Waals surface area contributed by atoms with Crippen molar-refractivity contribution in [3.05, 3.63) is 64.3 Å². The van der Waals surface area contributed by atoms with Crippen molar-refractivity contribution in [1.29, 1.82) is 0 Å². The van der Waals surface area contributed by atoms with Gasteiger partial charge in [0, 0.05) is 29.7 Å². The van der Waals surface area contributed by atoms with E-state index in [1.807, 2.05) is 56.3 Å². The zero-order chi connectivity index (χ0) is 22.6. The molecule has 1 aliphatic rings. The summed E-state index contributed by atoms with van der Waals surface area (Å²) in [7, 11) is 0. The number of piperidine rings is 1. The molecule has 0 spiro atoms. The van der Waals surface area contributed by atoms with Crippen LogP contribution in [0.25, 0.3) is 0 Å². The Balaban J connectivity index is 1.54. The minimum Gasteiger partial charge on any atom is -0.456 e. The molecule has 5 nitrogen and oxygen atoms in total. The average molecular weight is 759 g/mol. The van der Waals surface area contributed by atoms with E-state index in [1.165, 1.54) is 0 Å². The lowest BCUT2D eigenvalue weighted by Gasteiger charge is -2.39. The van der Waals surface area contributed by atoms with Crippen molar-refractivity contribution in [2.45, 2.75) is 38.9 Å². The molecule has 0 saturated carbocycles. The molecule has 2 aromatic carbocycles. The maximum absolute atomic E-state index is 12.9. The average Bonchev–Trinajstić information content (AvgIpc) is 2.75. The van der Waals surface area contributed by atoms with Crippen LogP contribution < -0.4 is 0 Å². The zero-order valence-electron chi connectivity index (χ0n) is 17.4. The molecule has 0 atom stereocenters. The highest BCUT2D eigenvalue weighted by Gasteiger charge is 2.37. The van der Waals surface area contributed by atoms with Gasteiger partial charge in [0.1, 0.15) is 12.2 Å². The van der Waals surface area contributed by atoms with E-state index in [9.17, 15) is 9.59 Å². The molecule has 1 aliphatic heterocycles. The molecule has 1 fully saturated rings. The van der Waals surface area contributed by atoms with Gasteiger partial charge < -0.3 is 14.4 Å². The van der Waals surface area contributed by atoms with Crippen LogP contribution in [0.3, 0.4) is 0 Å². The second-order valence-electron chi connectivity index (χ2n) is 8.04. The van der Waals surface area contributed by atoms with Gasteiger partial charge in [-0.05, 0) is 112 Å². The normalized spacial score (nSPS) is 14.9. The lowest BCUT2D eigenvalue weighted by Crippen LogP contribution is -2.46. The minimum absolute atomic E-state index is 0.175. The molecule has 0 aromatic heterocycles. The van der Waals surface area contributed by atoms with Gasteiger partial charge in [-0.1, -0.05) is 30.3 Å². The quantitative estimate of drug-likeness (QED) is 0.199. The van der Waals surface area contributed by atoms with E-state index in [0.717, 1.165) is 29.1 Å². The number of likely N-dealkylation sites (tertiary alicyclic amines) is 1. The number of benzene rings is 2. The third kappa shape index (κ3) is 6.68. The first-order valence-electron chi connectivity index (χ1n) is 10.0. The fourth-order valence-electron chi connectivity index (χ4n) is 3.65. The number of carbonyl (C=O) groups excluding carboxylic acids is 2. The fraction of sp³-hybridized carbons (Fsp3) is 0.391. The van der Waals surface area contributed by atoms with E-state index in [0.29, 0.717) is 18.7 Å². The summed E-state index contributed by atoms with van der Waals surface area (Å²) in [5, 5.41) is 0. The third-order valence-corrected chi connectivity index (χ3v) is 9.18. The fourth-order valence-corrected chi connectivity index (χ4v) is 6.03. The maximum Gasteiger partial charge on any atom is 0.410 e. The summed E-state index contributed by atoms with van der Waals surface area (Å²) in [5.41, 5.74) is 0.956. The molecule has 0 unspecified atom stereocenters. The Kier molecular flexibility index (Phi) is 8.87. The van der Waals surface area contributed by atoms with Crippen molar-refractivity contribution >= 4 is 79.8 Å². The number of hydrogen-bond acceptors (Lipinski definition) is 4. The second-order valence-corrected chi connectivity index (χ2v) is 11.5. The van der Waals surface area contributed by atoms with Gasteiger partial charge in [-0.15, -0.1) is 0 Å². The zero-order valence-corrected chi connectivity index (χ0v) is 23.8. The molecule has 31 heavy (non-hydrogen) atoms. The van der Waals surface area contributed by atoms with Gasteiger partial charge in [0.05, 0.1) is 5.56 Å². The highest BCUT2D eigenvalue weighted by Crippen LogP contribution is 2.33. The van der Waals surface area contributed by atoms with Gasteiger partial charge in [0.2, 0.25) is 0 Å². The van der Waals surface area contributed by atoms with E-state index in [2.05, 4.69) is 67.8 Å². The number of hydrogen-bond donors (Lipinski definition) is 0. The minimum atomic E-state index is -0.618. The van der Waals surface area contributed by atoms with Crippen molar-refractivity contribution in [1.82, 2.24) is 4.90 Å². The van der Waals surface area contributed by atoms with E-state index >= 15 is 0 Å². The number of nitrogens with zero attached hydrogens (tertiary/aromatic N) is 1. The number of halogens is 3. The Morgan fingerprint density at radius 3 is 2.35 bits per heavy atom. The number of rotatable bonds is 5. The van der Waals surface area contributed by atoms with Crippen molar-refractivity contribution in [2.75, 3.05) is 13.1 Å². The Morgan fingerprint density at radius 1 is 1.06 bits per heavy atom. The van der Waals surface area contributed by atoms with Gasteiger partial charge in [-0.2, -0.15) is 0 Å². The highest BCUT2D eigenvalue weighted by atomic mass is 127. The smallest absolute Gasteiger partial charge is 0.410 e. The predicted octanol–water partition coefficient (Wildman–Crippen LogP) is 6.48. The van der Waals surface area contributed by atoms with Crippen LogP contribution in [0.2, 0.25) is 0 Å². The summed E-state index contributed by atoms with van der Waals surface area (Å²) >= 11 is 6.65. The van der Waals surface area contributed by atoms with Crippen LogP contribution >= 0.6 is 67.8 Å². The van der Waals surface area contributed by atoms with Gasteiger partial charge in [-0.25, -0.2) is 9.59 Å². The van der Waals surface area contributed by atoms with Gasteiger partial charge in [-0.3, -0.25) is 0 Å². The van der Waals surface area contributed by atoms with Crippen LogP contribution in [0.1, 0.15) is 42.6 Å². The van der Waals surface area contributed by atoms with E-state index < -0.39 is 5.60 Å². The molecule has 8 heteroatoms. The first kappa shape index (κ1) is 25.0. The highest BCUT2D eigenvalue weighted by molar-refractivity contribution is 14.1. The standard InChI is InChI=1S/C23H24I3NO4/c1-23(2,31-21(28)18-12-17(24)13-19(25)20(18)26)16-8-10-27(11-9-16)22(29)30-14-15-6-4-3-5-7-15/h3-7,12-13,16H,8-11,14H2,1-2H3. The van der Waals surface area contributed by atoms with Crippen LogP contribution in [-0.2, 0) is 16.1 Å². The molecule has 0 N–H and O–H groups in total. The molecule has 1 amide bonds. The van der Waals surface area contributed by atoms with Crippen LogP contribution in [0.4, 0.5) is 4.79 Å². The van der Waals surface area contributed by atoms with E-state index in [4.69, 9.17) is 9.47 Å². The Hall–Kier alpha value is -0.630. The number of amides is 1. The predicted molar refractivity (Wildman–Crippen MR) is 145 cm³/mol. The Bertz CT molecular complexity index is 941. The van der Waals surface area contributed by atoms with Crippen molar-refractivity contribution in [2.24, 2.45) is 5.92 Å². The number of ether oxygens (including phenoxy) is 2. The molecular formula is C23H24I3NO4. The Morgan fingerprint density at radius 2 is 1.71 bits per heavy atom. The van der Waals surface area contributed by atoms with Crippen LogP contribution in [0, 0.1) is 16.6 Å². The van der Waals surface area contributed by atoms with E-state index in [-0.39, 0.29) is 24.6 Å². The number of esters is 1. The first-order valence-corrected chi connectivity index (χ1v) is 13.2. The van der Waals surface area contributed by atoms with Crippen molar-refractivity contribution in [3.8, 4) is 0 Å². The largest absolute Gasteiger partial charge is 0.456 e. The summed E-state index contributed by atoms with van der Waals surface area (Å²) in [6, 6.07) is 13.6. The van der Waals surface area contributed by atoms with Crippen molar-refractivity contribution in [3.63, 3.8) is 0 Å². The monoisotopic (exact) mass is 759 g/mol. The van der Waals surface area contributed by atoms with Gasteiger partial charge in [0.15, 0.2) is 0 Å². The third-order valence-electron chi connectivity index (χ3n) is 5.51.